The van der Waals surface area contributed by atoms with Gasteiger partial charge in [-0.1, -0.05) is 18.2 Å². The summed E-state index contributed by atoms with van der Waals surface area (Å²) in [5.41, 5.74) is 7.88. The molecule has 1 atom stereocenters. The Morgan fingerprint density at radius 2 is 2.00 bits per heavy atom. The monoisotopic (exact) mass is 257 g/mol. The molecule has 1 aromatic heterocycles. The number of carbonyl (C=O) groups is 1. The first-order valence-electron chi connectivity index (χ1n) is 5.89. The zero-order valence-electron chi connectivity index (χ0n) is 10.3. The molecular formula is C14H15N3O2. The highest BCUT2D eigenvalue weighted by molar-refractivity contribution is 5.94. The van der Waals surface area contributed by atoms with Gasteiger partial charge in [0, 0.05) is 17.4 Å². The minimum atomic E-state index is -0.907. The van der Waals surface area contributed by atoms with E-state index in [1.807, 2.05) is 30.3 Å². The average molecular weight is 257 g/mol. The lowest BCUT2D eigenvalue weighted by molar-refractivity contribution is -0.118. The van der Waals surface area contributed by atoms with E-state index in [0.29, 0.717) is 5.69 Å². The van der Waals surface area contributed by atoms with Crippen LogP contribution in [0.2, 0.25) is 0 Å². The van der Waals surface area contributed by atoms with Gasteiger partial charge in [0.1, 0.15) is 6.04 Å². The number of hydrogen-bond acceptors (Lipinski definition) is 4. The average Bonchev–Trinajstić information content (AvgIpc) is 2.48. The van der Waals surface area contributed by atoms with Crippen LogP contribution in [0.25, 0.3) is 11.3 Å². The maximum atomic E-state index is 11.5. The highest BCUT2D eigenvalue weighted by Gasteiger charge is 2.11. The molecule has 0 bridgehead atoms. The van der Waals surface area contributed by atoms with Gasteiger partial charge in [0.15, 0.2) is 0 Å². The van der Waals surface area contributed by atoms with Crippen molar-refractivity contribution >= 4 is 11.6 Å². The largest absolute Gasteiger partial charge is 0.394 e. The maximum Gasteiger partial charge on any atom is 0.243 e. The summed E-state index contributed by atoms with van der Waals surface area (Å²) in [6.45, 7) is -0.377. The van der Waals surface area contributed by atoms with Gasteiger partial charge >= 0.3 is 0 Å². The minimum absolute atomic E-state index is 0.377. The number of amides is 1. The SMILES string of the molecule is NC(CO)C(=O)Nc1ccc(-c2ccccn2)cc1. The topological polar surface area (TPSA) is 88.2 Å². The Labute approximate surface area is 111 Å². The van der Waals surface area contributed by atoms with Crippen LogP contribution in [0, 0.1) is 0 Å². The van der Waals surface area contributed by atoms with E-state index in [9.17, 15) is 4.79 Å². The normalized spacial score (nSPS) is 11.9. The van der Waals surface area contributed by atoms with Crippen LogP contribution in [0.4, 0.5) is 5.69 Å². The van der Waals surface area contributed by atoms with Crippen molar-refractivity contribution < 1.29 is 9.90 Å². The van der Waals surface area contributed by atoms with Gasteiger partial charge in [-0.25, -0.2) is 0 Å². The van der Waals surface area contributed by atoms with Gasteiger partial charge in [0.05, 0.1) is 12.3 Å². The highest BCUT2D eigenvalue weighted by atomic mass is 16.3. The first-order chi connectivity index (χ1) is 9.20. The summed E-state index contributed by atoms with van der Waals surface area (Å²) in [4.78, 5) is 15.7. The molecule has 5 nitrogen and oxygen atoms in total. The van der Waals surface area contributed by atoms with E-state index in [1.165, 1.54) is 0 Å². The van der Waals surface area contributed by atoms with E-state index < -0.39 is 11.9 Å². The van der Waals surface area contributed by atoms with Gasteiger partial charge in [-0.05, 0) is 24.3 Å². The molecule has 1 amide bonds. The molecule has 0 aliphatic rings. The number of carbonyl (C=O) groups excluding carboxylic acids is 1. The lowest BCUT2D eigenvalue weighted by atomic mass is 10.1. The predicted octanol–water partition coefficient (Wildman–Crippen LogP) is 1.01. The number of nitrogens with zero attached hydrogens (tertiary/aromatic N) is 1. The minimum Gasteiger partial charge on any atom is -0.394 e. The lowest BCUT2D eigenvalue weighted by Gasteiger charge is -2.10. The van der Waals surface area contributed by atoms with Gasteiger partial charge in [-0.2, -0.15) is 0 Å². The van der Waals surface area contributed by atoms with Gasteiger partial charge in [0.25, 0.3) is 0 Å². The summed E-state index contributed by atoms with van der Waals surface area (Å²) in [7, 11) is 0. The van der Waals surface area contributed by atoms with Gasteiger partial charge < -0.3 is 16.2 Å². The molecule has 1 heterocycles. The number of rotatable bonds is 4. The van der Waals surface area contributed by atoms with E-state index in [0.717, 1.165) is 11.3 Å². The molecule has 5 heteroatoms. The van der Waals surface area contributed by atoms with Crippen molar-refractivity contribution in [1.29, 1.82) is 0 Å². The Morgan fingerprint density at radius 1 is 1.26 bits per heavy atom. The van der Waals surface area contributed by atoms with E-state index in [1.54, 1.807) is 18.3 Å². The predicted molar refractivity (Wildman–Crippen MR) is 73.4 cm³/mol. The molecule has 0 radical (unpaired) electrons. The quantitative estimate of drug-likeness (QED) is 0.762. The van der Waals surface area contributed by atoms with Gasteiger partial charge in [-0.3, -0.25) is 9.78 Å². The number of nitrogens with one attached hydrogen (secondary N) is 1. The summed E-state index contributed by atoms with van der Waals surface area (Å²) in [5.74, 6) is -0.409. The Hall–Kier alpha value is -2.24. The number of aliphatic hydroxyl groups is 1. The molecule has 0 saturated heterocycles. The molecule has 0 spiro atoms. The number of nitrogens with two attached hydrogens (primary N) is 1. The molecule has 0 saturated carbocycles. The summed E-state index contributed by atoms with van der Waals surface area (Å²) >= 11 is 0. The van der Waals surface area contributed by atoms with Crippen LogP contribution >= 0.6 is 0 Å². The van der Waals surface area contributed by atoms with Gasteiger partial charge in [0.2, 0.25) is 5.91 Å². The second kappa shape index (κ2) is 6.08. The fraction of sp³-hybridized carbons (Fsp3) is 0.143. The molecule has 0 fully saturated rings. The van der Waals surface area contributed by atoms with Crippen LogP contribution in [0.5, 0.6) is 0 Å². The van der Waals surface area contributed by atoms with Crippen molar-refractivity contribution in [3.05, 3.63) is 48.7 Å². The number of aromatic nitrogens is 1. The number of hydrogen-bond donors (Lipinski definition) is 3. The molecule has 19 heavy (non-hydrogen) atoms. The Balaban J connectivity index is 2.09. The van der Waals surface area contributed by atoms with Crippen LogP contribution < -0.4 is 11.1 Å². The van der Waals surface area contributed by atoms with E-state index in [-0.39, 0.29) is 6.61 Å². The van der Waals surface area contributed by atoms with Crippen molar-refractivity contribution in [2.75, 3.05) is 11.9 Å². The molecule has 0 aliphatic heterocycles. The first-order valence-corrected chi connectivity index (χ1v) is 5.89. The van der Waals surface area contributed by atoms with Crippen molar-refractivity contribution in [3.8, 4) is 11.3 Å². The number of anilines is 1. The summed E-state index contributed by atoms with van der Waals surface area (Å²) in [6.07, 6.45) is 1.73. The van der Waals surface area contributed by atoms with Crippen LogP contribution in [0.1, 0.15) is 0 Å². The zero-order valence-corrected chi connectivity index (χ0v) is 10.3. The van der Waals surface area contributed by atoms with E-state index >= 15 is 0 Å². The maximum absolute atomic E-state index is 11.5. The molecule has 4 N–H and O–H groups in total. The second-order valence-corrected chi connectivity index (χ2v) is 4.07. The number of aliphatic hydroxyl groups excluding tert-OH is 1. The van der Waals surface area contributed by atoms with Crippen molar-refractivity contribution in [2.45, 2.75) is 6.04 Å². The van der Waals surface area contributed by atoms with Crippen LogP contribution in [-0.4, -0.2) is 28.6 Å². The van der Waals surface area contributed by atoms with E-state index in [4.69, 9.17) is 10.8 Å². The van der Waals surface area contributed by atoms with Crippen LogP contribution in [0.15, 0.2) is 48.7 Å². The zero-order chi connectivity index (χ0) is 13.7. The fourth-order valence-electron chi connectivity index (χ4n) is 1.58. The summed E-state index contributed by atoms with van der Waals surface area (Å²) < 4.78 is 0. The van der Waals surface area contributed by atoms with Gasteiger partial charge in [-0.15, -0.1) is 0 Å². The molecule has 1 unspecified atom stereocenters. The third kappa shape index (κ3) is 3.37. The standard InChI is InChI=1S/C14H15N3O2/c15-12(9-18)14(19)17-11-6-4-10(5-7-11)13-3-1-2-8-16-13/h1-8,12,18H,9,15H2,(H,17,19). The molecule has 1 aromatic carbocycles. The Kier molecular flexibility index (Phi) is 4.22. The molecule has 2 aromatic rings. The number of benzene rings is 1. The third-order valence-electron chi connectivity index (χ3n) is 2.65. The van der Waals surface area contributed by atoms with Crippen LogP contribution in [-0.2, 0) is 4.79 Å². The first kappa shape index (κ1) is 13.2. The van der Waals surface area contributed by atoms with Crippen molar-refractivity contribution in [2.24, 2.45) is 5.73 Å². The Morgan fingerprint density at radius 3 is 2.58 bits per heavy atom. The fourth-order valence-corrected chi connectivity index (χ4v) is 1.58. The molecule has 2 rings (SSSR count). The third-order valence-corrected chi connectivity index (χ3v) is 2.65. The van der Waals surface area contributed by atoms with Crippen LogP contribution in [0.3, 0.4) is 0 Å². The van der Waals surface area contributed by atoms with E-state index in [2.05, 4.69) is 10.3 Å². The highest BCUT2D eigenvalue weighted by Crippen LogP contribution is 2.18. The Bertz CT molecular complexity index is 540. The molecule has 0 aliphatic carbocycles. The smallest absolute Gasteiger partial charge is 0.243 e. The lowest BCUT2D eigenvalue weighted by Crippen LogP contribution is -2.38. The summed E-state index contributed by atoms with van der Waals surface area (Å²) in [6, 6.07) is 12.0. The van der Waals surface area contributed by atoms with Crippen molar-refractivity contribution in [1.82, 2.24) is 4.98 Å². The number of pyridine rings is 1. The van der Waals surface area contributed by atoms with Crippen molar-refractivity contribution in [3.63, 3.8) is 0 Å². The molecule has 98 valence electrons. The summed E-state index contributed by atoms with van der Waals surface area (Å²) in [5, 5.41) is 11.4. The second-order valence-electron chi connectivity index (χ2n) is 4.07. The molecular weight excluding hydrogens is 242 g/mol.